The van der Waals surface area contributed by atoms with E-state index in [0.29, 0.717) is 12.0 Å². The second-order valence-electron chi connectivity index (χ2n) is 4.76. The molecule has 0 saturated carbocycles. The molecule has 1 aromatic rings. The van der Waals surface area contributed by atoms with E-state index in [0.717, 1.165) is 37.8 Å². The van der Waals surface area contributed by atoms with Crippen LogP contribution in [0, 0.1) is 0 Å². The average Bonchev–Trinajstić information content (AvgIpc) is 2.49. The van der Waals surface area contributed by atoms with E-state index < -0.39 is 0 Å². The molecule has 6 heteroatoms. The first-order valence-electron chi connectivity index (χ1n) is 7.52. The van der Waals surface area contributed by atoms with Crippen molar-refractivity contribution in [2.45, 2.75) is 46.6 Å². The molecule has 0 amide bonds. The Morgan fingerprint density at radius 1 is 0.950 bits per heavy atom. The Morgan fingerprint density at radius 3 is 1.95 bits per heavy atom. The van der Waals surface area contributed by atoms with Gasteiger partial charge in [-0.1, -0.05) is 13.8 Å². The largest absolute Gasteiger partial charge is 0.357 e. The molecular weight excluding hydrogens is 252 g/mol. The molecular formula is C14H28N6. The van der Waals surface area contributed by atoms with Crippen LogP contribution in [-0.2, 0) is 0 Å². The third-order valence-electron chi connectivity index (χ3n) is 3.69. The molecule has 0 aliphatic rings. The molecule has 6 nitrogen and oxygen atoms in total. The van der Waals surface area contributed by atoms with E-state index in [1.165, 1.54) is 0 Å². The first-order chi connectivity index (χ1) is 9.60. The van der Waals surface area contributed by atoms with Crippen molar-refractivity contribution in [2.75, 3.05) is 42.3 Å². The number of rotatable bonds is 8. The lowest BCUT2D eigenvalue weighted by Gasteiger charge is -2.27. The van der Waals surface area contributed by atoms with Crippen LogP contribution in [0.3, 0.4) is 0 Å². The summed E-state index contributed by atoms with van der Waals surface area (Å²) in [5, 5.41) is 3.03. The highest BCUT2D eigenvalue weighted by molar-refractivity contribution is 5.45. The topological polar surface area (TPSA) is 57.2 Å². The van der Waals surface area contributed by atoms with E-state index >= 15 is 0 Å². The lowest BCUT2D eigenvalue weighted by atomic mass is 10.1. The molecule has 0 saturated heterocycles. The lowest BCUT2D eigenvalue weighted by molar-refractivity contribution is 0.579. The Kier molecular flexibility index (Phi) is 6.48. The number of anilines is 3. The van der Waals surface area contributed by atoms with Crippen LogP contribution in [0.4, 0.5) is 17.8 Å². The van der Waals surface area contributed by atoms with Gasteiger partial charge in [0.15, 0.2) is 0 Å². The second-order valence-corrected chi connectivity index (χ2v) is 4.76. The van der Waals surface area contributed by atoms with Crippen molar-refractivity contribution in [3.05, 3.63) is 0 Å². The van der Waals surface area contributed by atoms with Crippen molar-refractivity contribution in [1.82, 2.24) is 15.0 Å². The molecule has 0 aliphatic carbocycles. The van der Waals surface area contributed by atoms with Crippen molar-refractivity contribution in [3.63, 3.8) is 0 Å². The van der Waals surface area contributed by atoms with Gasteiger partial charge in [0.25, 0.3) is 0 Å². The summed E-state index contributed by atoms with van der Waals surface area (Å²) in [7, 11) is 3.89. The van der Waals surface area contributed by atoms with Crippen LogP contribution < -0.4 is 15.1 Å². The molecule has 0 aliphatic heterocycles. The van der Waals surface area contributed by atoms with Crippen LogP contribution in [0.2, 0.25) is 0 Å². The molecule has 0 unspecified atom stereocenters. The predicted octanol–water partition coefficient (Wildman–Crippen LogP) is 2.38. The van der Waals surface area contributed by atoms with Crippen LogP contribution in [0.25, 0.3) is 0 Å². The molecule has 0 aromatic carbocycles. The standard InChI is InChI=1S/C14H28N6/c1-7-11(8-2)19(6)13-16-12(15-5)17-14(18-13)20(9-3)10-4/h11H,7-10H2,1-6H3,(H,15,16,17,18). The lowest BCUT2D eigenvalue weighted by Crippen LogP contribution is -2.33. The quantitative estimate of drug-likeness (QED) is 0.789. The van der Waals surface area contributed by atoms with Gasteiger partial charge in [-0.15, -0.1) is 0 Å². The molecule has 0 bridgehead atoms. The third kappa shape index (κ3) is 3.71. The maximum Gasteiger partial charge on any atom is 0.231 e. The summed E-state index contributed by atoms with van der Waals surface area (Å²) in [6.07, 6.45) is 2.16. The first kappa shape index (κ1) is 16.5. The van der Waals surface area contributed by atoms with Gasteiger partial charge in [0.2, 0.25) is 17.8 Å². The summed E-state index contributed by atoms with van der Waals surface area (Å²) >= 11 is 0. The Morgan fingerprint density at radius 2 is 1.50 bits per heavy atom. The van der Waals surface area contributed by atoms with Crippen molar-refractivity contribution in [3.8, 4) is 0 Å². The third-order valence-corrected chi connectivity index (χ3v) is 3.69. The van der Waals surface area contributed by atoms with E-state index in [4.69, 9.17) is 0 Å². The monoisotopic (exact) mass is 280 g/mol. The Labute approximate surface area is 122 Å². The first-order valence-corrected chi connectivity index (χ1v) is 7.52. The van der Waals surface area contributed by atoms with Gasteiger partial charge < -0.3 is 15.1 Å². The van der Waals surface area contributed by atoms with Crippen molar-refractivity contribution < 1.29 is 0 Å². The van der Waals surface area contributed by atoms with Gasteiger partial charge in [-0.2, -0.15) is 15.0 Å². The van der Waals surface area contributed by atoms with Crippen LogP contribution >= 0.6 is 0 Å². The summed E-state index contributed by atoms with van der Waals surface area (Å²) in [6.45, 7) is 10.4. The van der Waals surface area contributed by atoms with E-state index in [1.807, 2.05) is 7.05 Å². The van der Waals surface area contributed by atoms with Crippen LogP contribution in [-0.4, -0.2) is 48.2 Å². The number of hydrogen-bond donors (Lipinski definition) is 1. The van der Waals surface area contributed by atoms with Gasteiger partial charge in [-0.25, -0.2) is 0 Å². The van der Waals surface area contributed by atoms with Crippen LogP contribution in [0.5, 0.6) is 0 Å². The average molecular weight is 280 g/mol. The van der Waals surface area contributed by atoms with E-state index in [-0.39, 0.29) is 0 Å². The summed E-state index contributed by atoms with van der Waals surface area (Å²) in [6, 6.07) is 0.451. The van der Waals surface area contributed by atoms with Gasteiger partial charge in [-0.3, -0.25) is 0 Å². The highest BCUT2D eigenvalue weighted by Crippen LogP contribution is 2.19. The molecule has 1 rings (SSSR count). The SMILES string of the molecule is CCC(CC)N(C)c1nc(NC)nc(N(CC)CC)n1. The zero-order chi connectivity index (χ0) is 15.1. The van der Waals surface area contributed by atoms with E-state index in [2.05, 4.69) is 64.8 Å². The summed E-state index contributed by atoms with van der Waals surface area (Å²) < 4.78 is 0. The minimum Gasteiger partial charge on any atom is -0.357 e. The molecule has 0 radical (unpaired) electrons. The number of nitrogens with one attached hydrogen (secondary N) is 1. The van der Waals surface area contributed by atoms with Crippen LogP contribution in [0.15, 0.2) is 0 Å². The number of hydrogen-bond acceptors (Lipinski definition) is 6. The van der Waals surface area contributed by atoms with Gasteiger partial charge in [0.1, 0.15) is 0 Å². The Hall–Kier alpha value is -1.59. The highest BCUT2D eigenvalue weighted by Gasteiger charge is 2.17. The number of nitrogens with zero attached hydrogens (tertiary/aromatic N) is 5. The normalized spacial score (nSPS) is 10.8. The molecule has 0 atom stereocenters. The van der Waals surface area contributed by atoms with Crippen LogP contribution in [0.1, 0.15) is 40.5 Å². The molecule has 1 heterocycles. The number of aromatic nitrogens is 3. The van der Waals surface area contributed by atoms with E-state index in [9.17, 15) is 0 Å². The fourth-order valence-electron chi connectivity index (χ4n) is 2.27. The van der Waals surface area contributed by atoms with Gasteiger partial charge >= 0.3 is 0 Å². The minimum atomic E-state index is 0.451. The smallest absolute Gasteiger partial charge is 0.231 e. The summed E-state index contributed by atoms with van der Waals surface area (Å²) in [4.78, 5) is 17.8. The van der Waals surface area contributed by atoms with Crippen molar-refractivity contribution in [1.29, 1.82) is 0 Å². The molecule has 1 N–H and O–H groups in total. The fourth-order valence-corrected chi connectivity index (χ4v) is 2.27. The summed E-state index contributed by atoms with van der Waals surface area (Å²) in [5.74, 6) is 2.09. The summed E-state index contributed by atoms with van der Waals surface area (Å²) in [5.41, 5.74) is 0. The van der Waals surface area contributed by atoms with Gasteiger partial charge in [0, 0.05) is 33.2 Å². The maximum atomic E-state index is 4.63. The van der Waals surface area contributed by atoms with Gasteiger partial charge in [0.05, 0.1) is 0 Å². The molecule has 0 fully saturated rings. The van der Waals surface area contributed by atoms with Crippen molar-refractivity contribution in [2.24, 2.45) is 0 Å². The van der Waals surface area contributed by atoms with Crippen molar-refractivity contribution >= 4 is 17.8 Å². The fraction of sp³-hybridized carbons (Fsp3) is 0.786. The molecule has 114 valence electrons. The van der Waals surface area contributed by atoms with E-state index in [1.54, 1.807) is 0 Å². The second kappa shape index (κ2) is 7.87. The maximum absolute atomic E-state index is 4.63. The minimum absolute atomic E-state index is 0.451. The molecule has 1 aromatic heterocycles. The Balaban J connectivity index is 3.15. The zero-order valence-corrected chi connectivity index (χ0v) is 13.6. The predicted molar refractivity (Wildman–Crippen MR) is 85.7 cm³/mol. The van der Waals surface area contributed by atoms with Gasteiger partial charge in [-0.05, 0) is 26.7 Å². The molecule has 20 heavy (non-hydrogen) atoms. The molecule has 0 spiro atoms. The Bertz CT molecular complexity index is 401. The highest BCUT2D eigenvalue weighted by atomic mass is 15.4. The zero-order valence-electron chi connectivity index (χ0n) is 13.6.